The number of amides is 2. The minimum absolute atomic E-state index is 0.253. The number of carbonyl (C=O) groups excluding carboxylic acids is 2. The van der Waals surface area contributed by atoms with Crippen LogP contribution in [0.4, 0.5) is 4.79 Å². The van der Waals surface area contributed by atoms with Crippen molar-refractivity contribution in [3.63, 3.8) is 0 Å². The van der Waals surface area contributed by atoms with Crippen LogP contribution < -0.4 is 10.1 Å². The zero-order valence-electron chi connectivity index (χ0n) is 15.0. The lowest BCUT2D eigenvalue weighted by Crippen LogP contribution is -2.46. The highest BCUT2D eigenvalue weighted by Crippen LogP contribution is 2.31. The molecule has 0 spiro atoms. The number of hydrogen-bond acceptors (Lipinski definition) is 5. The highest BCUT2D eigenvalue weighted by molar-refractivity contribution is 7.99. The van der Waals surface area contributed by atoms with Crippen LogP contribution in [0.25, 0.3) is 0 Å². The van der Waals surface area contributed by atoms with Crippen LogP contribution in [-0.4, -0.2) is 49.2 Å². The first kappa shape index (κ1) is 19.2. The molecule has 0 bridgehead atoms. The lowest BCUT2D eigenvalue weighted by atomic mass is 9.95. The van der Waals surface area contributed by atoms with Gasteiger partial charge in [0.2, 0.25) is 0 Å². The van der Waals surface area contributed by atoms with Gasteiger partial charge in [0.25, 0.3) is 0 Å². The van der Waals surface area contributed by atoms with Crippen molar-refractivity contribution in [2.45, 2.75) is 19.9 Å². The second-order valence-corrected chi connectivity index (χ2v) is 6.94. The Morgan fingerprint density at radius 2 is 2.00 bits per heavy atom. The van der Waals surface area contributed by atoms with Crippen LogP contribution in [0.5, 0.6) is 5.75 Å². The van der Waals surface area contributed by atoms with Crippen LogP contribution in [0.15, 0.2) is 35.5 Å². The van der Waals surface area contributed by atoms with E-state index in [1.807, 2.05) is 12.1 Å². The van der Waals surface area contributed by atoms with Crippen LogP contribution in [0.3, 0.4) is 0 Å². The maximum atomic E-state index is 12.6. The number of ether oxygens (including phenoxy) is 2. The molecule has 7 heteroatoms. The number of benzene rings is 1. The molecule has 0 fully saturated rings. The average molecular weight is 364 g/mol. The first-order chi connectivity index (χ1) is 12.0. The molecule has 1 aliphatic rings. The molecule has 1 atom stereocenters. The molecule has 1 N–H and O–H groups in total. The van der Waals surface area contributed by atoms with Crippen molar-refractivity contribution >= 4 is 23.8 Å². The summed E-state index contributed by atoms with van der Waals surface area (Å²) in [6, 6.07) is 6.48. The van der Waals surface area contributed by atoms with Crippen molar-refractivity contribution < 1.29 is 19.1 Å². The lowest BCUT2D eigenvalue weighted by Gasteiger charge is -2.33. The van der Waals surface area contributed by atoms with Gasteiger partial charge < -0.3 is 19.7 Å². The van der Waals surface area contributed by atoms with Gasteiger partial charge in [-0.2, -0.15) is 11.8 Å². The lowest BCUT2D eigenvalue weighted by molar-refractivity contribution is -0.139. The van der Waals surface area contributed by atoms with Crippen LogP contribution in [0.2, 0.25) is 0 Å². The molecule has 1 aromatic rings. The van der Waals surface area contributed by atoms with E-state index >= 15 is 0 Å². The van der Waals surface area contributed by atoms with E-state index in [9.17, 15) is 9.59 Å². The zero-order chi connectivity index (χ0) is 18.4. The van der Waals surface area contributed by atoms with E-state index in [1.54, 1.807) is 45.0 Å². The number of methoxy groups -OCH3 is 1. The number of rotatable bonds is 7. The quantitative estimate of drug-likeness (QED) is 0.595. The van der Waals surface area contributed by atoms with E-state index in [0.717, 1.165) is 17.1 Å². The van der Waals surface area contributed by atoms with E-state index in [4.69, 9.17) is 9.47 Å². The van der Waals surface area contributed by atoms with Gasteiger partial charge in [0, 0.05) is 18.5 Å². The second kappa shape index (κ2) is 8.80. The molecule has 1 heterocycles. The number of carbonyl (C=O) groups is 2. The Labute approximate surface area is 152 Å². The maximum Gasteiger partial charge on any atom is 0.338 e. The molecule has 2 rings (SSSR count). The highest BCUT2D eigenvalue weighted by Gasteiger charge is 2.34. The third kappa shape index (κ3) is 4.48. The van der Waals surface area contributed by atoms with Crippen molar-refractivity contribution in [2.24, 2.45) is 0 Å². The average Bonchev–Trinajstić information content (AvgIpc) is 2.63. The minimum Gasteiger partial charge on any atom is -0.497 e. The second-order valence-electron chi connectivity index (χ2n) is 5.55. The van der Waals surface area contributed by atoms with Gasteiger partial charge in [-0.3, -0.25) is 0 Å². The zero-order valence-corrected chi connectivity index (χ0v) is 15.8. The fourth-order valence-corrected chi connectivity index (χ4v) is 3.05. The van der Waals surface area contributed by atoms with Crippen molar-refractivity contribution in [3.05, 3.63) is 41.1 Å². The molecule has 1 aliphatic heterocycles. The number of hydrogen-bond donors (Lipinski definition) is 1. The predicted molar refractivity (Wildman–Crippen MR) is 98.7 cm³/mol. The largest absolute Gasteiger partial charge is 0.497 e. The monoisotopic (exact) mass is 364 g/mol. The fraction of sp³-hybridized carbons (Fsp3) is 0.444. The Bertz CT molecular complexity index is 658. The molecule has 2 amide bonds. The molecule has 0 saturated heterocycles. The normalized spacial score (nSPS) is 17.4. The van der Waals surface area contributed by atoms with E-state index in [-0.39, 0.29) is 6.03 Å². The van der Waals surface area contributed by atoms with Gasteiger partial charge in [0.15, 0.2) is 0 Å². The Morgan fingerprint density at radius 1 is 1.32 bits per heavy atom. The van der Waals surface area contributed by atoms with Crippen LogP contribution in [-0.2, 0) is 9.53 Å². The van der Waals surface area contributed by atoms with Crippen molar-refractivity contribution in [3.8, 4) is 5.75 Å². The van der Waals surface area contributed by atoms with E-state index in [1.165, 1.54) is 4.90 Å². The number of thioether (sulfide) groups is 1. The SMILES string of the molecule is CCSCCOC(=O)C1=C(C)N(C)C(=O)NC1c1ccc(OC)cc1. The van der Waals surface area contributed by atoms with Gasteiger partial charge in [0.05, 0.1) is 18.7 Å². The van der Waals surface area contributed by atoms with E-state index < -0.39 is 12.0 Å². The summed E-state index contributed by atoms with van der Waals surface area (Å²) in [6.07, 6.45) is 0. The molecular formula is C18H24N2O4S. The first-order valence-corrected chi connectivity index (χ1v) is 9.28. The molecule has 0 radical (unpaired) electrons. The van der Waals surface area contributed by atoms with Gasteiger partial charge in [0.1, 0.15) is 12.4 Å². The number of nitrogens with zero attached hydrogens (tertiary/aromatic N) is 1. The number of nitrogens with one attached hydrogen (secondary N) is 1. The molecule has 0 aliphatic carbocycles. The Kier molecular flexibility index (Phi) is 6.75. The summed E-state index contributed by atoms with van der Waals surface area (Å²) in [6.45, 7) is 4.16. The van der Waals surface area contributed by atoms with Crippen molar-refractivity contribution in [2.75, 3.05) is 32.3 Å². The Hall–Kier alpha value is -2.15. The van der Waals surface area contributed by atoms with Gasteiger partial charge in [-0.05, 0) is 30.4 Å². The van der Waals surface area contributed by atoms with E-state index in [0.29, 0.717) is 23.6 Å². The predicted octanol–water partition coefficient (Wildman–Crippen LogP) is 2.96. The smallest absolute Gasteiger partial charge is 0.338 e. The third-order valence-corrected chi connectivity index (χ3v) is 4.95. The Balaban J connectivity index is 2.28. The molecule has 0 saturated carbocycles. The van der Waals surface area contributed by atoms with Crippen LogP contribution >= 0.6 is 11.8 Å². The fourth-order valence-electron chi connectivity index (χ4n) is 2.56. The summed E-state index contributed by atoms with van der Waals surface area (Å²) in [7, 11) is 3.22. The topological polar surface area (TPSA) is 67.9 Å². The van der Waals surface area contributed by atoms with Crippen LogP contribution in [0.1, 0.15) is 25.5 Å². The van der Waals surface area contributed by atoms with Gasteiger partial charge >= 0.3 is 12.0 Å². The highest BCUT2D eigenvalue weighted by atomic mass is 32.2. The van der Waals surface area contributed by atoms with Crippen molar-refractivity contribution in [1.82, 2.24) is 10.2 Å². The summed E-state index contributed by atoms with van der Waals surface area (Å²) < 4.78 is 10.6. The van der Waals surface area contributed by atoms with Crippen molar-refractivity contribution in [1.29, 1.82) is 0 Å². The molecular weight excluding hydrogens is 340 g/mol. The summed E-state index contributed by atoms with van der Waals surface area (Å²) in [5.41, 5.74) is 1.85. The number of allylic oxidation sites excluding steroid dienone is 1. The van der Waals surface area contributed by atoms with Gasteiger partial charge in [-0.1, -0.05) is 19.1 Å². The molecule has 0 aromatic heterocycles. The summed E-state index contributed by atoms with van der Waals surface area (Å²) >= 11 is 1.71. The third-order valence-electron chi connectivity index (χ3n) is 4.09. The summed E-state index contributed by atoms with van der Waals surface area (Å²) in [5, 5.41) is 2.87. The minimum atomic E-state index is -0.541. The molecule has 136 valence electrons. The van der Waals surface area contributed by atoms with Gasteiger partial charge in [-0.15, -0.1) is 0 Å². The number of urea groups is 1. The molecule has 25 heavy (non-hydrogen) atoms. The standard InChI is InChI=1S/C18H24N2O4S/c1-5-25-11-10-24-17(21)15-12(2)20(3)18(22)19-16(15)13-6-8-14(23-4)9-7-13/h6-9,16H,5,10-11H2,1-4H3,(H,19,22). The molecule has 6 nitrogen and oxygen atoms in total. The molecule has 1 unspecified atom stereocenters. The first-order valence-electron chi connectivity index (χ1n) is 8.13. The summed E-state index contributed by atoms with van der Waals surface area (Å²) in [4.78, 5) is 26.2. The maximum absolute atomic E-state index is 12.6. The summed E-state index contributed by atoms with van der Waals surface area (Å²) in [5.74, 6) is 2.04. The number of esters is 1. The Morgan fingerprint density at radius 3 is 2.60 bits per heavy atom. The van der Waals surface area contributed by atoms with E-state index in [2.05, 4.69) is 12.2 Å². The van der Waals surface area contributed by atoms with Gasteiger partial charge in [-0.25, -0.2) is 9.59 Å². The van der Waals surface area contributed by atoms with Crippen LogP contribution in [0, 0.1) is 0 Å². The molecule has 1 aromatic carbocycles.